The molecule has 1 aliphatic carbocycles. The molecule has 1 saturated carbocycles. The Hall–Kier alpha value is -2.93. The predicted octanol–water partition coefficient (Wildman–Crippen LogP) is 3.00. The molecule has 0 aromatic heterocycles. The summed E-state index contributed by atoms with van der Waals surface area (Å²) in [5.74, 6) is -6.30. The number of fused-ring (bicyclic) bond motifs is 3. The molecule has 0 spiro atoms. The smallest absolute Gasteiger partial charge is 0.255 e. The number of carbonyl (C=O) groups is 3. The largest absolute Gasteiger partial charge is 0.376 e. The van der Waals surface area contributed by atoms with Gasteiger partial charge in [-0.3, -0.25) is 14.4 Å². The first-order valence-electron chi connectivity index (χ1n) is 12.3. The van der Waals surface area contributed by atoms with Crippen molar-refractivity contribution in [1.29, 1.82) is 5.26 Å². The van der Waals surface area contributed by atoms with Crippen LogP contribution in [0.3, 0.4) is 0 Å². The van der Waals surface area contributed by atoms with Gasteiger partial charge in [-0.15, -0.1) is 0 Å². The molecule has 5 atom stereocenters. The molecule has 0 unspecified atom stereocenters. The number of nitrogens with zero attached hydrogens (tertiary/aromatic N) is 2. The Morgan fingerprint density at radius 3 is 2.81 bits per heavy atom. The molecule has 194 valence electrons. The maximum absolute atomic E-state index is 14.9. The van der Waals surface area contributed by atoms with E-state index >= 15 is 0 Å². The van der Waals surface area contributed by atoms with Crippen LogP contribution in [0, 0.1) is 30.1 Å². The minimum absolute atomic E-state index is 0.0921. The van der Waals surface area contributed by atoms with Crippen molar-refractivity contribution in [3.05, 3.63) is 28.8 Å². The number of halogens is 3. The monoisotopic (exact) mass is 521 g/mol. The summed E-state index contributed by atoms with van der Waals surface area (Å²) in [6.07, 6.45) is 1.45. The van der Waals surface area contributed by atoms with Gasteiger partial charge >= 0.3 is 0 Å². The zero-order valence-electron chi connectivity index (χ0n) is 20.0. The molecule has 36 heavy (non-hydrogen) atoms. The van der Waals surface area contributed by atoms with Crippen molar-refractivity contribution in [2.24, 2.45) is 11.8 Å². The number of hydrogen-bond donors (Lipinski definition) is 3. The molecule has 1 aromatic rings. The molecule has 3 amide bonds. The Bertz CT molecular complexity index is 1080. The first kappa shape index (κ1) is 26.1. The van der Waals surface area contributed by atoms with E-state index in [4.69, 9.17) is 11.6 Å². The van der Waals surface area contributed by atoms with E-state index in [1.165, 1.54) is 4.90 Å². The first-order valence-corrected chi connectivity index (χ1v) is 12.7. The van der Waals surface area contributed by atoms with E-state index in [1.807, 2.05) is 6.07 Å². The minimum atomic E-state index is -3.09. The lowest BCUT2D eigenvalue weighted by atomic mass is 9.71. The molecule has 8 nitrogen and oxygen atoms in total. The number of hydrogen-bond acceptors (Lipinski definition) is 5. The van der Waals surface area contributed by atoms with Gasteiger partial charge in [0.25, 0.3) is 5.92 Å². The number of amides is 3. The number of anilines is 1. The fourth-order valence-electron chi connectivity index (χ4n) is 5.67. The van der Waals surface area contributed by atoms with Crippen LogP contribution < -0.4 is 16.0 Å². The number of alkyl halides is 2. The minimum Gasteiger partial charge on any atom is -0.376 e. The Kier molecular flexibility index (Phi) is 7.69. The molecule has 4 aliphatic rings. The van der Waals surface area contributed by atoms with Crippen LogP contribution in [0.4, 0.5) is 14.5 Å². The zero-order chi connectivity index (χ0) is 26.0. The third kappa shape index (κ3) is 5.26. The van der Waals surface area contributed by atoms with E-state index in [1.54, 1.807) is 25.1 Å². The number of nitriles is 1. The van der Waals surface area contributed by atoms with Crippen molar-refractivity contribution in [1.82, 2.24) is 15.5 Å². The van der Waals surface area contributed by atoms with Crippen molar-refractivity contribution < 1.29 is 23.2 Å². The van der Waals surface area contributed by atoms with Crippen LogP contribution in [0.1, 0.15) is 44.1 Å². The molecule has 3 saturated heterocycles. The average molecular weight is 522 g/mol. The van der Waals surface area contributed by atoms with Gasteiger partial charge in [-0.1, -0.05) is 17.7 Å². The van der Waals surface area contributed by atoms with Gasteiger partial charge in [-0.25, -0.2) is 8.78 Å². The second-order valence-corrected chi connectivity index (χ2v) is 10.3. The standard InChI is InChI=1S/C25H30ClF2N5O3/c1-14-19(26)5-2-6-20(14)31-13-21(34)33-17-7-8-18(25(27,28)11-17)22(33)24(36)32-16(12-29)10-15-4-3-9-30-23(15)35/h2,5-6,15-18,22,31H,3-4,7-11,13H2,1H3,(H,30,35)(H,32,36)/t15-,16-,17+,18+,22+/m1/s1. The topological polar surface area (TPSA) is 114 Å². The van der Waals surface area contributed by atoms with E-state index in [0.717, 1.165) is 12.0 Å². The number of carbonyl (C=O) groups excluding carboxylic acids is 3. The van der Waals surface area contributed by atoms with E-state index < -0.39 is 54.1 Å². The highest BCUT2D eigenvalue weighted by atomic mass is 35.5. The Balaban J connectivity index is 1.50. The highest BCUT2D eigenvalue weighted by molar-refractivity contribution is 6.31. The zero-order valence-corrected chi connectivity index (χ0v) is 20.8. The number of rotatable bonds is 7. The summed E-state index contributed by atoms with van der Waals surface area (Å²) in [6.45, 7) is 2.17. The fourth-order valence-corrected chi connectivity index (χ4v) is 5.85. The van der Waals surface area contributed by atoms with E-state index in [2.05, 4.69) is 16.0 Å². The van der Waals surface area contributed by atoms with Gasteiger partial charge < -0.3 is 20.9 Å². The highest BCUT2D eigenvalue weighted by Gasteiger charge is 2.60. The van der Waals surface area contributed by atoms with Crippen LogP contribution in [0.5, 0.6) is 0 Å². The predicted molar refractivity (Wildman–Crippen MR) is 129 cm³/mol. The molecule has 3 heterocycles. The van der Waals surface area contributed by atoms with Gasteiger partial charge in [-0.2, -0.15) is 5.26 Å². The summed E-state index contributed by atoms with van der Waals surface area (Å²) >= 11 is 6.14. The van der Waals surface area contributed by atoms with Crippen molar-refractivity contribution >= 4 is 35.0 Å². The highest BCUT2D eigenvalue weighted by Crippen LogP contribution is 2.49. The lowest BCUT2D eigenvalue weighted by Crippen LogP contribution is -2.69. The normalized spacial score (nSPS) is 27.5. The molecule has 0 radical (unpaired) electrons. The van der Waals surface area contributed by atoms with Crippen LogP contribution in [0.2, 0.25) is 5.02 Å². The summed E-state index contributed by atoms with van der Waals surface area (Å²) in [7, 11) is 0. The molecule has 3 N–H and O–H groups in total. The van der Waals surface area contributed by atoms with Crippen LogP contribution in [0.15, 0.2) is 18.2 Å². The van der Waals surface area contributed by atoms with Crippen LogP contribution in [0.25, 0.3) is 0 Å². The molecular weight excluding hydrogens is 492 g/mol. The van der Waals surface area contributed by atoms with Gasteiger partial charge in [-0.05, 0) is 56.7 Å². The van der Waals surface area contributed by atoms with Crippen molar-refractivity contribution in [3.8, 4) is 6.07 Å². The van der Waals surface area contributed by atoms with Crippen molar-refractivity contribution in [2.45, 2.75) is 69.5 Å². The maximum Gasteiger partial charge on any atom is 0.255 e. The Morgan fingerprint density at radius 2 is 2.11 bits per heavy atom. The van der Waals surface area contributed by atoms with Crippen molar-refractivity contribution in [2.75, 3.05) is 18.4 Å². The van der Waals surface area contributed by atoms with Gasteiger partial charge in [0.15, 0.2) is 0 Å². The maximum atomic E-state index is 14.9. The van der Waals surface area contributed by atoms with E-state index in [-0.39, 0.29) is 25.3 Å². The number of piperidine rings is 3. The van der Waals surface area contributed by atoms with Crippen LogP contribution >= 0.6 is 11.6 Å². The number of benzene rings is 1. The molecule has 3 aliphatic heterocycles. The second kappa shape index (κ2) is 10.6. The second-order valence-electron chi connectivity index (χ2n) is 9.87. The third-order valence-corrected chi connectivity index (χ3v) is 7.99. The van der Waals surface area contributed by atoms with Gasteiger partial charge in [0.2, 0.25) is 17.7 Å². The lowest BCUT2D eigenvalue weighted by Gasteiger charge is -2.53. The molecule has 4 fully saturated rings. The Morgan fingerprint density at radius 1 is 1.33 bits per heavy atom. The Labute approximate surface area is 213 Å². The summed E-state index contributed by atoms with van der Waals surface area (Å²) in [6, 6.07) is 4.00. The quantitative estimate of drug-likeness (QED) is 0.510. The van der Waals surface area contributed by atoms with E-state index in [9.17, 15) is 28.4 Å². The molecule has 2 bridgehead atoms. The molecule has 1 aromatic carbocycles. The number of nitrogens with one attached hydrogen (secondary N) is 3. The lowest BCUT2D eigenvalue weighted by molar-refractivity contribution is -0.193. The first-order chi connectivity index (χ1) is 17.1. The van der Waals surface area contributed by atoms with Crippen molar-refractivity contribution in [3.63, 3.8) is 0 Å². The third-order valence-electron chi connectivity index (χ3n) is 7.58. The fraction of sp³-hybridized carbons (Fsp3) is 0.600. The summed E-state index contributed by atoms with van der Waals surface area (Å²) in [5.41, 5.74) is 1.39. The molecule has 5 rings (SSSR count). The molecular formula is C25H30ClF2N5O3. The van der Waals surface area contributed by atoms with E-state index in [0.29, 0.717) is 30.1 Å². The van der Waals surface area contributed by atoms with Gasteiger partial charge in [0, 0.05) is 35.6 Å². The average Bonchev–Trinajstić information content (AvgIpc) is 2.84. The summed E-state index contributed by atoms with van der Waals surface area (Å²) in [5, 5.41) is 18.4. The van der Waals surface area contributed by atoms with Gasteiger partial charge in [0.05, 0.1) is 18.5 Å². The van der Waals surface area contributed by atoms with Crippen LogP contribution in [-0.4, -0.2) is 59.8 Å². The molecule has 11 heteroatoms. The summed E-state index contributed by atoms with van der Waals surface area (Å²) in [4.78, 5) is 40.0. The SMILES string of the molecule is Cc1c(Cl)cccc1NCC(=O)N1[C@H]2CC[C@@H]([C@H]1C(=O)N[C@@H](C#N)C[C@H]1CCCNC1=O)C(F)(F)C2. The van der Waals surface area contributed by atoms with Gasteiger partial charge in [0.1, 0.15) is 12.1 Å². The van der Waals surface area contributed by atoms with Crippen LogP contribution in [-0.2, 0) is 14.4 Å². The summed E-state index contributed by atoms with van der Waals surface area (Å²) < 4.78 is 29.7.